The summed E-state index contributed by atoms with van der Waals surface area (Å²) in [7, 11) is 0. The van der Waals surface area contributed by atoms with Crippen LogP contribution in [0.4, 0.5) is 0 Å². The molecule has 1 aliphatic rings. The normalized spacial score (nSPS) is 25.1. The van der Waals surface area contributed by atoms with E-state index in [0.717, 1.165) is 0 Å². The van der Waals surface area contributed by atoms with E-state index in [1.165, 1.54) is 6.08 Å². The maximum atomic E-state index is 11.2. The first-order chi connectivity index (χ1) is 7.08. The van der Waals surface area contributed by atoms with Gasteiger partial charge in [0.25, 0.3) is 0 Å². The summed E-state index contributed by atoms with van der Waals surface area (Å²) in [6.45, 7) is 5.87. The second-order valence-corrected chi connectivity index (χ2v) is 3.75. The predicted octanol–water partition coefficient (Wildman–Crippen LogP) is -0.872. The van der Waals surface area contributed by atoms with Crippen LogP contribution in [0.1, 0.15) is 6.92 Å². The Morgan fingerprint density at radius 1 is 1.60 bits per heavy atom. The molecule has 1 saturated heterocycles. The van der Waals surface area contributed by atoms with Crippen molar-refractivity contribution >= 4 is 11.8 Å². The number of carbonyl (C=O) groups is 2. The van der Waals surface area contributed by atoms with E-state index in [2.05, 4.69) is 11.9 Å². The van der Waals surface area contributed by atoms with E-state index in [-0.39, 0.29) is 23.8 Å². The Balaban J connectivity index is 2.52. The van der Waals surface area contributed by atoms with Crippen molar-refractivity contribution in [2.75, 3.05) is 19.7 Å². The van der Waals surface area contributed by atoms with Gasteiger partial charge in [0, 0.05) is 13.1 Å². The van der Waals surface area contributed by atoms with Gasteiger partial charge in [0.15, 0.2) is 0 Å². The molecule has 0 saturated carbocycles. The molecule has 0 radical (unpaired) electrons. The molecule has 0 aliphatic carbocycles. The smallest absolute Gasteiger partial charge is 0.248 e. The molecule has 2 N–H and O–H groups in total. The van der Waals surface area contributed by atoms with Crippen molar-refractivity contribution in [3.63, 3.8) is 0 Å². The van der Waals surface area contributed by atoms with Crippen LogP contribution >= 0.6 is 0 Å². The van der Waals surface area contributed by atoms with Gasteiger partial charge in [-0.25, -0.2) is 0 Å². The van der Waals surface area contributed by atoms with Gasteiger partial charge in [0.2, 0.25) is 11.8 Å². The summed E-state index contributed by atoms with van der Waals surface area (Å²) in [5.74, 6) is -0.327. The number of nitrogens with one attached hydrogen (secondary N) is 1. The van der Waals surface area contributed by atoms with Crippen molar-refractivity contribution in [1.29, 1.82) is 0 Å². The fourth-order valence-electron chi connectivity index (χ4n) is 1.70. The SMILES string of the molecule is C=CC(=O)NC1CN(C(=O)CO)CC1C. The lowest BCUT2D eigenvalue weighted by molar-refractivity contribution is -0.133. The average molecular weight is 212 g/mol. The molecule has 2 atom stereocenters. The summed E-state index contributed by atoms with van der Waals surface area (Å²) >= 11 is 0. The molecule has 84 valence electrons. The zero-order valence-corrected chi connectivity index (χ0v) is 8.77. The van der Waals surface area contributed by atoms with Crippen LogP contribution in [0.5, 0.6) is 0 Å². The van der Waals surface area contributed by atoms with Gasteiger partial charge in [0.05, 0.1) is 6.04 Å². The molecule has 1 heterocycles. The van der Waals surface area contributed by atoms with Crippen LogP contribution in [-0.4, -0.2) is 47.6 Å². The zero-order chi connectivity index (χ0) is 11.4. The van der Waals surface area contributed by atoms with Crippen LogP contribution in [0.15, 0.2) is 12.7 Å². The highest BCUT2D eigenvalue weighted by Gasteiger charge is 2.32. The van der Waals surface area contributed by atoms with Crippen molar-refractivity contribution in [2.45, 2.75) is 13.0 Å². The third-order valence-electron chi connectivity index (χ3n) is 2.61. The molecule has 15 heavy (non-hydrogen) atoms. The molecule has 5 heteroatoms. The minimum Gasteiger partial charge on any atom is -0.387 e. The van der Waals surface area contributed by atoms with Crippen molar-refractivity contribution < 1.29 is 14.7 Å². The second-order valence-electron chi connectivity index (χ2n) is 3.75. The first-order valence-electron chi connectivity index (χ1n) is 4.90. The lowest BCUT2D eigenvalue weighted by atomic mass is 10.1. The molecule has 2 unspecified atom stereocenters. The zero-order valence-electron chi connectivity index (χ0n) is 8.77. The maximum Gasteiger partial charge on any atom is 0.248 e. The van der Waals surface area contributed by atoms with Gasteiger partial charge in [-0.2, -0.15) is 0 Å². The Bertz CT molecular complexity index is 278. The molecule has 0 bridgehead atoms. The van der Waals surface area contributed by atoms with Gasteiger partial charge in [-0.3, -0.25) is 9.59 Å². The number of nitrogens with zero attached hydrogens (tertiary/aromatic N) is 1. The van der Waals surface area contributed by atoms with E-state index < -0.39 is 6.61 Å². The number of likely N-dealkylation sites (tertiary alicyclic amines) is 1. The lowest BCUT2D eigenvalue weighted by Crippen LogP contribution is -2.40. The van der Waals surface area contributed by atoms with Crippen LogP contribution in [0.25, 0.3) is 0 Å². The lowest BCUT2D eigenvalue weighted by Gasteiger charge is -2.15. The number of aliphatic hydroxyl groups is 1. The summed E-state index contributed by atoms with van der Waals surface area (Å²) in [6, 6.07) is -0.0500. The molecule has 2 amide bonds. The highest BCUT2D eigenvalue weighted by Crippen LogP contribution is 2.16. The van der Waals surface area contributed by atoms with Gasteiger partial charge >= 0.3 is 0 Å². The van der Waals surface area contributed by atoms with E-state index in [1.54, 1.807) is 4.90 Å². The molecule has 0 aromatic carbocycles. The number of amides is 2. The van der Waals surface area contributed by atoms with E-state index in [1.807, 2.05) is 6.92 Å². The first-order valence-corrected chi connectivity index (χ1v) is 4.90. The number of rotatable bonds is 3. The van der Waals surface area contributed by atoms with Crippen molar-refractivity contribution in [2.24, 2.45) is 5.92 Å². The number of hydrogen-bond acceptors (Lipinski definition) is 3. The molecule has 0 aromatic heterocycles. The van der Waals surface area contributed by atoms with Crippen LogP contribution in [-0.2, 0) is 9.59 Å². The third kappa shape index (κ3) is 2.79. The standard InChI is InChI=1S/C10H16N2O3/c1-3-9(14)11-8-5-12(4-7(8)2)10(15)6-13/h3,7-8,13H,1,4-6H2,2H3,(H,11,14). The van der Waals surface area contributed by atoms with Gasteiger partial charge < -0.3 is 15.3 Å². The topological polar surface area (TPSA) is 69.6 Å². The summed E-state index contributed by atoms with van der Waals surface area (Å²) in [5, 5.41) is 11.5. The van der Waals surface area contributed by atoms with Crippen LogP contribution < -0.4 is 5.32 Å². The molecule has 1 aliphatic heterocycles. The highest BCUT2D eigenvalue weighted by atomic mass is 16.3. The Hall–Kier alpha value is -1.36. The molecule has 1 fully saturated rings. The average Bonchev–Trinajstić information content (AvgIpc) is 2.59. The minimum absolute atomic E-state index is 0.0500. The minimum atomic E-state index is -0.477. The van der Waals surface area contributed by atoms with E-state index in [0.29, 0.717) is 13.1 Å². The van der Waals surface area contributed by atoms with Crippen LogP contribution in [0.3, 0.4) is 0 Å². The highest BCUT2D eigenvalue weighted by molar-refractivity contribution is 5.87. The van der Waals surface area contributed by atoms with Gasteiger partial charge in [0.1, 0.15) is 6.61 Å². The molecule has 0 aromatic rings. The molecule has 0 spiro atoms. The number of hydrogen-bond donors (Lipinski definition) is 2. The van der Waals surface area contributed by atoms with Gasteiger partial charge in [-0.05, 0) is 12.0 Å². The summed E-state index contributed by atoms with van der Waals surface area (Å²) in [5.41, 5.74) is 0. The van der Waals surface area contributed by atoms with Crippen LogP contribution in [0.2, 0.25) is 0 Å². The quantitative estimate of drug-likeness (QED) is 0.597. The number of aliphatic hydroxyl groups excluding tert-OH is 1. The van der Waals surface area contributed by atoms with E-state index in [4.69, 9.17) is 5.11 Å². The van der Waals surface area contributed by atoms with E-state index >= 15 is 0 Å². The first kappa shape index (κ1) is 11.7. The predicted molar refractivity (Wildman–Crippen MR) is 55.0 cm³/mol. The monoisotopic (exact) mass is 212 g/mol. The molecule has 1 rings (SSSR count). The molecule has 5 nitrogen and oxygen atoms in total. The van der Waals surface area contributed by atoms with Crippen LogP contribution in [0, 0.1) is 5.92 Å². The Morgan fingerprint density at radius 2 is 2.27 bits per heavy atom. The van der Waals surface area contributed by atoms with Gasteiger partial charge in [-0.1, -0.05) is 13.5 Å². The fourth-order valence-corrected chi connectivity index (χ4v) is 1.70. The van der Waals surface area contributed by atoms with E-state index in [9.17, 15) is 9.59 Å². The summed E-state index contributed by atoms with van der Waals surface area (Å²) < 4.78 is 0. The van der Waals surface area contributed by atoms with Crippen molar-refractivity contribution in [1.82, 2.24) is 10.2 Å². The number of carbonyl (C=O) groups excluding carboxylic acids is 2. The Morgan fingerprint density at radius 3 is 2.80 bits per heavy atom. The maximum absolute atomic E-state index is 11.2. The van der Waals surface area contributed by atoms with Crippen molar-refractivity contribution in [3.8, 4) is 0 Å². The summed E-state index contributed by atoms with van der Waals surface area (Å²) in [6.07, 6.45) is 1.21. The van der Waals surface area contributed by atoms with Crippen molar-refractivity contribution in [3.05, 3.63) is 12.7 Å². The fraction of sp³-hybridized carbons (Fsp3) is 0.600. The Kier molecular flexibility index (Phi) is 3.85. The molecular formula is C10H16N2O3. The summed E-state index contributed by atoms with van der Waals surface area (Å²) in [4.78, 5) is 23.8. The second kappa shape index (κ2) is 4.93. The Labute approximate surface area is 88.8 Å². The molecular weight excluding hydrogens is 196 g/mol. The third-order valence-corrected chi connectivity index (χ3v) is 2.61. The van der Waals surface area contributed by atoms with Gasteiger partial charge in [-0.15, -0.1) is 0 Å². The largest absolute Gasteiger partial charge is 0.387 e.